The van der Waals surface area contributed by atoms with Crippen LogP contribution in [0.4, 0.5) is 0 Å². The highest BCUT2D eigenvalue weighted by Gasteiger charge is 2.24. The molecule has 0 saturated carbocycles. The Morgan fingerprint density at radius 1 is 1.53 bits per heavy atom. The molecule has 3 nitrogen and oxygen atoms in total. The number of hydrogen-bond acceptors (Lipinski definition) is 3. The van der Waals surface area contributed by atoms with Gasteiger partial charge in [0.05, 0.1) is 6.26 Å². The van der Waals surface area contributed by atoms with Crippen LogP contribution in [-0.2, 0) is 6.42 Å². The molecule has 0 bridgehead atoms. The lowest BCUT2D eigenvalue weighted by Crippen LogP contribution is -2.43. The number of furan rings is 1. The van der Waals surface area contributed by atoms with Gasteiger partial charge < -0.3 is 15.5 Å². The van der Waals surface area contributed by atoms with Crippen molar-refractivity contribution in [3.05, 3.63) is 23.7 Å². The van der Waals surface area contributed by atoms with Gasteiger partial charge in [0, 0.05) is 30.1 Å². The lowest BCUT2D eigenvalue weighted by molar-refractivity contribution is 0.361. The molecule has 15 heavy (non-hydrogen) atoms. The van der Waals surface area contributed by atoms with E-state index in [-0.39, 0.29) is 6.04 Å². The van der Waals surface area contributed by atoms with E-state index in [1.54, 1.807) is 6.26 Å². The second kappa shape index (κ2) is 4.37. The first kappa shape index (κ1) is 10.7. The van der Waals surface area contributed by atoms with Crippen molar-refractivity contribution in [2.75, 3.05) is 0 Å². The summed E-state index contributed by atoms with van der Waals surface area (Å²) in [5, 5.41) is 3.58. The van der Waals surface area contributed by atoms with Gasteiger partial charge in [-0.25, -0.2) is 0 Å². The Labute approximate surface area is 91.0 Å². The number of fused-ring (bicyclic) bond motifs is 1. The second-order valence-corrected chi connectivity index (χ2v) is 4.56. The summed E-state index contributed by atoms with van der Waals surface area (Å²) in [4.78, 5) is 0. The summed E-state index contributed by atoms with van der Waals surface area (Å²) >= 11 is 0. The molecule has 1 aromatic heterocycles. The third-order valence-corrected chi connectivity index (χ3v) is 3.30. The number of rotatable bonds is 3. The van der Waals surface area contributed by atoms with E-state index in [4.69, 9.17) is 10.2 Å². The average molecular weight is 208 g/mol. The quantitative estimate of drug-likeness (QED) is 0.798. The normalized spacial score (nSPS) is 24.6. The van der Waals surface area contributed by atoms with Crippen molar-refractivity contribution in [1.82, 2.24) is 5.32 Å². The third kappa shape index (κ3) is 2.24. The van der Waals surface area contributed by atoms with Crippen LogP contribution in [0.15, 0.2) is 16.7 Å². The van der Waals surface area contributed by atoms with E-state index in [1.807, 2.05) is 6.92 Å². The van der Waals surface area contributed by atoms with E-state index in [0.29, 0.717) is 12.1 Å². The van der Waals surface area contributed by atoms with Gasteiger partial charge in [-0.15, -0.1) is 0 Å². The van der Waals surface area contributed by atoms with E-state index in [1.165, 1.54) is 18.4 Å². The van der Waals surface area contributed by atoms with Crippen molar-refractivity contribution < 1.29 is 4.42 Å². The summed E-state index contributed by atoms with van der Waals surface area (Å²) in [5.41, 5.74) is 7.19. The monoisotopic (exact) mass is 208 g/mol. The molecule has 3 heteroatoms. The first-order chi connectivity index (χ1) is 7.18. The maximum absolute atomic E-state index is 5.86. The maximum atomic E-state index is 5.86. The van der Waals surface area contributed by atoms with E-state index in [2.05, 4.69) is 18.3 Å². The van der Waals surface area contributed by atoms with Crippen LogP contribution in [0.5, 0.6) is 0 Å². The molecular weight excluding hydrogens is 188 g/mol. The zero-order valence-electron chi connectivity index (χ0n) is 9.49. The Hall–Kier alpha value is -0.800. The van der Waals surface area contributed by atoms with Crippen molar-refractivity contribution in [2.45, 2.75) is 51.2 Å². The van der Waals surface area contributed by atoms with Gasteiger partial charge in [-0.05, 0) is 32.8 Å². The minimum absolute atomic E-state index is 0.183. The van der Waals surface area contributed by atoms with Crippen LogP contribution in [0.25, 0.3) is 0 Å². The molecule has 0 amide bonds. The molecule has 1 aliphatic rings. The molecular formula is C12H20N2O. The summed E-state index contributed by atoms with van der Waals surface area (Å²) in [6.45, 7) is 4.18. The van der Waals surface area contributed by atoms with E-state index >= 15 is 0 Å². The minimum Gasteiger partial charge on any atom is -0.469 e. The van der Waals surface area contributed by atoms with E-state index in [9.17, 15) is 0 Å². The van der Waals surface area contributed by atoms with Crippen molar-refractivity contribution in [2.24, 2.45) is 5.73 Å². The predicted octanol–water partition coefficient (Wildman–Crippen LogP) is 1.98. The fourth-order valence-corrected chi connectivity index (χ4v) is 2.13. The van der Waals surface area contributed by atoms with Gasteiger partial charge >= 0.3 is 0 Å². The summed E-state index contributed by atoms with van der Waals surface area (Å²) in [7, 11) is 0. The number of aryl methyl sites for hydroxylation is 1. The van der Waals surface area contributed by atoms with Crippen molar-refractivity contribution in [3.8, 4) is 0 Å². The highest BCUT2D eigenvalue weighted by Crippen LogP contribution is 2.30. The molecule has 1 aliphatic carbocycles. The lowest BCUT2D eigenvalue weighted by atomic mass is 9.92. The van der Waals surface area contributed by atoms with E-state index in [0.717, 1.165) is 12.2 Å². The van der Waals surface area contributed by atoms with Gasteiger partial charge in [0.25, 0.3) is 0 Å². The SMILES string of the molecule is CC(N)C(C)NC1CCCc2occc21. The van der Waals surface area contributed by atoms with Gasteiger partial charge in [-0.3, -0.25) is 0 Å². The minimum atomic E-state index is 0.183. The van der Waals surface area contributed by atoms with Crippen molar-refractivity contribution in [3.63, 3.8) is 0 Å². The molecule has 0 fully saturated rings. The largest absolute Gasteiger partial charge is 0.469 e. The Morgan fingerprint density at radius 3 is 3.07 bits per heavy atom. The van der Waals surface area contributed by atoms with Crippen LogP contribution >= 0.6 is 0 Å². The summed E-state index contributed by atoms with van der Waals surface area (Å²) in [6.07, 6.45) is 5.25. The fraction of sp³-hybridized carbons (Fsp3) is 0.667. The summed E-state index contributed by atoms with van der Waals surface area (Å²) < 4.78 is 5.46. The average Bonchev–Trinajstić information content (AvgIpc) is 2.66. The molecule has 3 N–H and O–H groups in total. The third-order valence-electron chi connectivity index (χ3n) is 3.30. The molecule has 0 saturated heterocycles. The van der Waals surface area contributed by atoms with Gasteiger partial charge in [-0.1, -0.05) is 0 Å². The zero-order chi connectivity index (χ0) is 10.8. The first-order valence-corrected chi connectivity index (χ1v) is 5.76. The van der Waals surface area contributed by atoms with Crippen LogP contribution in [0, 0.1) is 0 Å². The Balaban J connectivity index is 2.06. The van der Waals surface area contributed by atoms with E-state index < -0.39 is 0 Å². The molecule has 3 unspecified atom stereocenters. The molecule has 0 spiro atoms. The van der Waals surface area contributed by atoms with Crippen LogP contribution < -0.4 is 11.1 Å². The molecule has 2 rings (SSSR count). The number of nitrogens with two attached hydrogens (primary N) is 1. The number of nitrogens with one attached hydrogen (secondary N) is 1. The van der Waals surface area contributed by atoms with Gasteiger partial charge in [0.2, 0.25) is 0 Å². The van der Waals surface area contributed by atoms with Crippen molar-refractivity contribution in [1.29, 1.82) is 0 Å². The van der Waals surface area contributed by atoms with Gasteiger partial charge in [-0.2, -0.15) is 0 Å². The van der Waals surface area contributed by atoms with Crippen molar-refractivity contribution >= 4 is 0 Å². The number of hydrogen-bond donors (Lipinski definition) is 2. The first-order valence-electron chi connectivity index (χ1n) is 5.76. The highest BCUT2D eigenvalue weighted by molar-refractivity contribution is 5.24. The second-order valence-electron chi connectivity index (χ2n) is 4.56. The Kier molecular flexibility index (Phi) is 3.12. The van der Waals surface area contributed by atoms with Gasteiger partial charge in [0.15, 0.2) is 0 Å². The molecule has 1 aromatic rings. The highest BCUT2D eigenvalue weighted by atomic mass is 16.3. The molecule has 3 atom stereocenters. The fourth-order valence-electron chi connectivity index (χ4n) is 2.13. The van der Waals surface area contributed by atoms with Crippen LogP contribution in [-0.4, -0.2) is 12.1 Å². The standard InChI is InChI=1S/C12H20N2O/c1-8(13)9(2)14-11-4-3-5-12-10(11)6-7-15-12/h6-9,11,14H,3-5,13H2,1-2H3. The summed E-state index contributed by atoms with van der Waals surface area (Å²) in [6, 6.07) is 3.03. The Morgan fingerprint density at radius 2 is 2.33 bits per heavy atom. The predicted molar refractivity (Wildman–Crippen MR) is 60.6 cm³/mol. The van der Waals surface area contributed by atoms with Crippen LogP contribution in [0.2, 0.25) is 0 Å². The van der Waals surface area contributed by atoms with Crippen LogP contribution in [0.3, 0.4) is 0 Å². The topological polar surface area (TPSA) is 51.2 Å². The Bertz CT molecular complexity index is 319. The lowest BCUT2D eigenvalue weighted by Gasteiger charge is -2.28. The smallest absolute Gasteiger partial charge is 0.108 e. The molecule has 0 aliphatic heterocycles. The summed E-state index contributed by atoms with van der Waals surface area (Å²) in [5.74, 6) is 1.15. The molecule has 84 valence electrons. The molecule has 1 heterocycles. The zero-order valence-corrected chi connectivity index (χ0v) is 9.49. The molecule has 0 aromatic carbocycles. The molecule has 0 radical (unpaired) electrons. The maximum Gasteiger partial charge on any atom is 0.108 e. The van der Waals surface area contributed by atoms with Crippen LogP contribution in [0.1, 0.15) is 44.1 Å². The van der Waals surface area contributed by atoms with Gasteiger partial charge in [0.1, 0.15) is 5.76 Å².